The summed E-state index contributed by atoms with van der Waals surface area (Å²) in [5, 5.41) is 11.4. The summed E-state index contributed by atoms with van der Waals surface area (Å²) in [4.78, 5) is 27.8. The molecule has 7 nitrogen and oxygen atoms in total. The fourth-order valence-electron chi connectivity index (χ4n) is 3.63. The molecule has 1 aromatic heterocycles. The Morgan fingerprint density at radius 1 is 0.973 bits per heavy atom. The molecule has 3 rings (SSSR count). The van der Waals surface area contributed by atoms with Gasteiger partial charge in [-0.05, 0) is 61.7 Å². The van der Waals surface area contributed by atoms with Crippen LogP contribution in [0, 0.1) is 13.8 Å². The van der Waals surface area contributed by atoms with Gasteiger partial charge >= 0.3 is 6.03 Å². The Kier molecular flexibility index (Phi) is 9.26. The van der Waals surface area contributed by atoms with E-state index in [0.29, 0.717) is 33.8 Å². The molecule has 2 aromatic carbocycles. The second-order valence-corrected chi connectivity index (χ2v) is 11.0. The molecule has 3 aromatic rings. The van der Waals surface area contributed by atoms with Crippen molar-refractivity contribution in [3.8, 4) is 5.69 Å². The van der Waals surface area contributed by atoms with Gasteiger partial charge in [0.2, 0.25) is 5.91 Å². The number of hydrogen-bond donors (Lipinski definition) is 2. The van der Waals surface area contributed by atoms with Crippen LogP contribution in [0.1, 0.15) is 57.4 Å². The Labute approximate surface area is 229 Å². The number of rotatable bonds is 8. The van der Waals surface area contributed by atoms with Crippen LogP contribution in [0.15, 0.2) is 42.5 Å². The van der Waals surface area contributed by atoms with Gasteiger partial charge in [-0.2, -0.15) is 5.10 Å². The molecule has 9 heteroatoms. The highest BCUT2D eigenvalue weighted by Gasteiger charge is 2.23. The van der Waals surface area contributed by atoms with Crippen molar-refractivity contribution in [2.75, 3.05) is 23.7 Å². The zero-order valence-corrected chi connectivity index (χ0v) is 23.8. The molecular weight excluding hydrogens is 509 g/mol. The first-order chi connectivity index (χ1) is 17.4. The first kappa shape index (κ1) is 28.5. The van der Waals surface area contributed by atoms with Crippen LogP contribution in [0.3, 0.4) is 0 Å². The number of anilines is 2. The average molecular weight is 545 g/mol. The Morgan fingerprint density at radius 3 is 2.32 bits per heavy atom. The first-order valence-electron chi connectivity index (χ1n) is 12.4. The fourth-order valence-corrected chi connectivity index (χ4v) is 3.92. The predicted molar refractivity (Wildman–Crippen MR) is 152 cm³/mol. The van der Waals surface area contributed by atoms with Crippen molar-refractivity contribution in [3.63, 3.8) is 0 Å². The van der Waals surface area contributed by atoms with Gasteiger partial charge in [-0.3, -0.25) is 4.79 Å². The van der Waals surface area contributed by atoms with Crippen LogP contribution in [0.25, 0.3) is 5.69 Å². The zero-order valence-electron chi connectivity index (χ0n) is 22.3. The zero-order chi connectivity index (χ0) is 27.3. The van der Waals surface area contributed by atoms with E-state index in [4.69, 9.17) is 28.3 Å². The number of aromatic nitrogens is 2. The normalized spacial score (nSPS) is 11.4. The third-order valence-corrected chi connectivity index (χ3v) is 6.79. The summed E-state index contributed by atoms with van der Waals surface area (Å²) in [6.07, 6.45) is 1.68. The topological polar surface area (TPSA) is 79.3 Å². The molecule has 2 N–H and O–H groups in total. The molecule has 0 aliphatic rings. The standard InChI is InChI=1S/C28H35Cl2N5O2/c1-7-8-13-34(27(37)31-20-10-9-18(2)19(3)14-20)17-26(36)32-25-16-24(28(4,5)6)33-35(25)21-11-12-22(29)23(30)15-21/h9-12,14-16H,7-8,13,17H2,1-6H3,(H,31,37)(H,32,36). The van der Waals surface area contributed by atoms with E-state index in [-0.39, 0.29) is 23.9 Å². The van der Waals surface area contributed by atoms with E-state index in [0.717, 1.165) is 29.7 Å². The van der Waals surface area contributed by atoms with Crippen molar-refractivity contribution >= 4 is 46.6 Å². The molecule has 0 atom stereocenters. The Balaban J connectivity index is 1.83. The van der Waals surface area contributed by atoms with Crippen LogP contribution in [-0.2, 0) is 10.2 Å². The minimum atomic E-state index is -0.326. The number of nitrogens with zero attached hydrogens (tertiary/aromatic N) is 3. The van der Waals surface area contributed by atoms with Crippen LogP contribution >= 0.6 is 23.2 Å². The van der Waals surface area contributed by atoms with Crippen molar-refractivity contribution in [2.24, 2.45) is 0 Å². The molecular formula is C28H35Cl2N5O2. The lowest BCUT2D eigenvalue weighted by Gasteiger charge is -2.23. The van der Waals surface area contributed by atoms with Gasteiger partial charge in [-0.15, -0.1) is 0 Å². The van der Waals surface area contributed by atoms with Gasteiger partial charge in [-0.1, -0.05) is 63.4 Å². The maximum absolute atomic E-state index is 13.2. The molecule has 0 aliphatic carbocycles. The van der Waals surface area contributed by atoms with E-state index in [2.05, 4.69) is 10.6 Å². The highest BCUT2D eigenvalue weighted by atomic mass is 35.5. The summed E-state index contributed by atoms with van der Waals surface area (Å²) in [7, 11) is 0. The molecule has 0 radical (unpaired) electrons. The lowest BCUT2D eigenvalue weighted by Crippen LogP contribution is -2.41. The van der Waals surface area contributed by atoms with E-state index in [1.165, 1.54) is 4.90 Å². The minimum absolute atomic E-state index is 0.103. The molecule has 0 aliphatic heterocycles. The summed E-state index contributed by atoms with van der Waals surface area (Å²) in [6.45, 7) is 12.6. The molecule has 0 spiro atoms. The van der Waals surface area contributed by atoms with Crippen molar-refractivity contribution in [3.05, 3.63) is 69.3 Å². The van der Waals surface area contributed by atoms with Gasteiger partial charge < -0.3 is 15.5 Å². The van der Waals surface area contributed by atoms with Gasteiger partial charge in [0.05, 0.1) is 21.4 Å². The highest BCUT2D eigenvalue weighted by molar-refractivity contribution is 6.42. The number of nitrogens with one attached hydrogen (secondary N) is 2. The van der Waals surface area contributed by atoms with Crippen molar-refractivity contribution in [1.82, 2.24) is 14.7 Å². The van der Waals surface area contributed by atoms with Gasteiger partial charge in [0.15, 0.2) is 0 Å². The quantitative estimate of drug-likeness (QED) is 0.311. The molecule has 0 saturated heterocycles. The first-order valence-corrected chi connectivity index (χ1v) is 13.1. The van der Waals surface area contributed by atoms with Crippen molar-refractivity contribution in [2.45, 2.75) is 59.8 Å². The Hall–Kier alpha value is -3.03. The molecule has 0 bridgehead atoms. The van der Waals surface area contributed by atoms with Crippen LogP contribution in [0.2, 0.25) is 10.0 Å². The number of carbonyl (C=O) groups excluding carboxylic acids is 2. The SMILES string of the molecule is CCCCN(CC(=O)Nc1cc(C(C)(C)C)nn1-c1ccc(Cl)c(Cl)c1)C(=O)Nc1ccc(C)c(C)c1. The van der Waals surface area contributed by atoms with E-state index in [1.807, 2.05) is 65.8 Å². The van der Waals surface area contributed by atoms with Crippen LogP contribution in [0.4, 0.5) is 16.3 Å². The smallest absolute Gasteiger partial charge is 0.315 e. The molecule has 37 heavy (non-hydrogen) atoms. The summed E-state index contributed by atoms with van der Waals surface area (Å²) < 4.78 is 1.63. The van der Waals surface area contributed by atoms with Crippen molar-refractivity contribution in [1.29, 1.82) is 0 Å². The number of halogens is 2. The van der Waals surface area contributed by atoms with E-state index >= 15 is 0 Å². The third-order valence-electron chi connectivity index (χ3n) is 6.05. The number of hydrogen-bond acceptors (Lipinski definition) is 3. The summed E-state index contributed by atoms with van der Waals surface area (Å²) in [5.74, 6) is 0.159. The predicted octanol–water partition coefficient (Wildman–Crippen LogP) is 7.37. The lowest BCUT2D eigenvalue weighted by molar-refractivity contribution is -0.116. The highest BCUT2D eigenvalue weighted by Crippen LogP contribution is 2.29. The number of unbranched alkanes of at least 4 members (excludes halogenated alkanes) is 1. The number of urea groups is 1. The monoisotopic (exact) mass is 543 g/mol. The lowest BCUT2D eigenvalue weighted by atomic mass is 9.92. The number of amides is 3. The number of carbonyl (C=O) groups is 2. The summed E-state index contributed by atoms with van der Waals surface area (Å²) in [6, 6.07) is 12.4. The summed E-state index contributed by atoms with van der Waals surface area (Å²) in [5.41, 5.74) is 4.14. The van der Waals surface area contributed by atoms with E-state index < -0.39 is 0 Å². The van der Waals surface area contributed by atoms with Crippen LogP contribution < -0.4 is 10.6 Å². The van der Waals surface area contributed by atoms with Crippen molar-refractivity contribution < 1.29 is 9.59 Å². The van der Waals surface area contributed by atoms with E-state index in [9.17, 15) is 9.59 Å². The molecule has 1 heterocycles. The maximum Gasteiger partial charge on any atom is 0.322 e. The van der Waals surface area contributed by atoms with Gasteiger partial charge in [0.1, 0.15) is 12.4 Å². The largest absolute Gasteiger partial charge is 0.322 e. The van der Waals surface area contributed by atoms with E-state index in [1.54, 1.807) is 22.9 Å². The molecule has 0 saturated carbocycles. The average Bonchev–Trinajstić information content (AvgIpc) is 3.25. The molecule has 0 fully saturated rings. The Morgan fingerprint density at radius 2 is 1.70 bits per heavy atom. The molecule has 198 valence electrons. The maximum atomic E-state index is 13.2. The molecule has 3 amide bonds. The molecule has 0 unspecified atom stereocenters. The van der Waals surface area contributed by atoms with Gasteiger partial charge in [-0.25, -0.2) is 9.48 Å². The Bertz CT molecular complexity index is 1280. The second-order valence-electron chi connectivity index (χ2n) is 10.2. The second kappa shape index (κ2) is 12.0. The number of benzene rings is 2. The fraction of sp³-hybridized carbons (Fsp3) is 0.393. The van der Waals surface area contributed by atoms with Gasteiger partial charge in [0, 0.05) is 23.7 Å². The van der Waals surface area contributed by atoms with Gasteiger partial charge in [0.25, 0.3) is 0 Å². The summed E-state index contributed by atoms with van der Waals surface area (Å²) >= 11 is 12.3. The number of aryl methyl sites for hydroxylation is 2. The minimum Gasteiger partial charge on any atom is -0.315 e. The van der Waals surface area contributed by atoms with Crippen LogP contribution in [-0.4, -0.2) is 39.7 Å². The van der Waals surface area contributed by atoms with Crippen LogP contribution in [0.5, 0.6) is 0 Å². The third kappa shape index (κ3) is 7.49.